The number of oxime groups is 1. The lowest BCUT2D eigenvalue weighted by molar-refractivity contribution is -0.128. The molecule has 0 bridgehead atoms. The van der Waals surface area contributed by atoms with Crippen molar-refractivity contribution in [3.8, 4) is 0 Å². The van der Waals surface area contributed by atoms with E-state index in [1.807, 2.05) is 42.5 Å². The van der Waals surface area contributed by atoms with Crippen LogP contribution in [0.5, 0.6) is 0 Å². The molecular formula is C26H22F2N4O3. The minimum atomic E-state index is -1.28. The van der Waals surface area contributed by atoms with Crippen molar-refractivity contribution in [3.05, 3.63) is 101 Å². The van der Waals surface area contributed by atoms with E-state index in [0.29, 0.717) is 11.4 Å². The Morgan fingerprint density at radius 2 is 1.74 bits per heavy atom. The van der Waals surface area contributed by atoms with Gasteiger partial charge in [-0.3, -0.25) is 9.59 Å². The van der Waals surface area contributed by atoms with Crippen molar-refractivity contribution in [3.63, 3.8) is 0 Å². The summed E-state index contributed by atoms with van der Waals surface area (Å²) in [6, 6.07) is 19.4. The predicted octanol–water partition coefficient (Wildman–Crippen LogP) is 3.74. The molecule has 1 unspecified atom stereocenters. The Balaban J connectivity index is 1.69. The first-order chi connectivity index (χ1) is 16.8. The molecule has 3 aromatic carbocycles. The number of likely N-dealkylation sites (N-methyl/N-ethyl adjacent to an activating group) is 1. The molecule has 0 saturated carbocycles. The second-order valence-corrected chi connectivity index (χ2v) is 8.01. The third-order valence-corrected chi connectivity index (χ3v) is 5.80. The van der Waals surface area contributed by atoms with Gasteiger partial charge in [-0.1, -0.05) is 53.7 Å². The number of fused-ring (bicyclic) bond motifs is 1. The molecule has 1 aliphatic heterocycles. The molecule has 0 fully saturated rings. The number of carbonyl (C=O) groups is 2. The molecule has 9 heteroatoms. The Morgan fingerprint density at radius 1 is 1.06 bits per heavy atom. The first kappa shape index (κ1) is 23.7. The van der Waals surface area contributed by atoms with Crippen molar-refractivity contribution < 1.29 is 23.6 Å². The van der Waals surface area contributed by atoms with E-state index in [9.17, 15) is 23.6 Å². The molecular weight excluding hydrogens is 454 g/mol. The third-order valence-electron chi connectivity index (χ3n) is 5.80. The number of anilines is 1. The molecule has 1 heterocycles. The summed E-state index contributed by atoms with van der Waals surface area (Å²) in [4.78, 5) is 32.4. The van der Waals surface area contributed by atoms with Gasteiger partial charge in [0.2, 0.25) is 12.1 Å². The van der Waals surface area contributed by atoms with Crippen LogP contribution in [-0.2, 0) is 9.59 Å². The lowest BCUT2D eigenvalue weighted by Gasteiger charge is -2.22. The average Bonchev–Trinajstić information content (AvgIpc) is 2.97. The van der Waals surface area contributed by atoms with Crippen LogP contribution < -0.4 is 10.2 Å². The number of rotatable bonds is 5. The van der Waals surface area contributed by atoms with Crippen molar-refractivity contribution in [1.82, 2.24) is 5.32 Å². The Hall–Kier alpha value is -4.40. The standard InChI is InChI=1S/C26H22F2N4O3/c1-15(22(31-35)17-12-13-19(27)20(28)14-17)25(33)30-24-26(34)32(2)21-11-7-6-10-18(21)23(29-24)16-8-4-3-5-9-16/h3-15,24,35H,1-2H3,(H,30,33)/t15?,24-/m1/s1. The number of benzene rings is 3. The van der Waals surface area contributed by atoms with Crippen LogP contribution in [0, 0.1) is 17.6 Å². The van der Waals surface area contributed by atoms with Crippen LogP contribution in [0.2, 0.25) is 0 Å². The van der Waals surface area contributed by atoms with E-state index < -0.39 is 35.5 Å². The second kappa shape index (κ2) is 9.84. The maximum Gasteiger partial charge on any atom is 0.272 e. The summed E-state index contributed by atoms with van der Waals surface area (Å²) < 4.78 is 27.0. The molecule has 0 aromatic heterocycles. The normalized spacial score (nSPS) is 16.7. The van der Waals surface area contributed by atoms with Gasteiger partial charge < -0.3 is 15.4 Å². The number of benzodiazepines with no additional fused rings is 1. The maximum absolute atomic E-state index is 13.7. The van der Waals surface area contributed by atoms with Gasteiger partial charge in [0.15, 0.2) is 11.6 Å². The number of halogens is 2. The summed E-state index contributed by atoms with van der Waals surface area (Å²) in [6.07, 6.45) is -1.28. The summed E-state index contributed by atoms with van der Waals surface area (Å²) in [7, 11) is 1.59. The fourth-order valence-electron chi connectivity index (χ4n) is 3.88. The first-order valence-corrected chi connectivity index (χ1v) is 10.8. The summed E-state index contributed by atoms with van der Waals surface area (Å²) in [6.45, 7) is 1.42. The molecule has 2 atom stereocenters. The minimum absolute atomic E-state index is 0.0271. The zero-order chi connectivity index (χ0) is 25.1. The van der Waals surface area contributed by atoms with Gasteiger partial charge in [-0.2, -0.15) is 0 Å². The van der Waals surface area contributed by atoms with Gasteiger partial charge >= 0.3 is 0 Å². The summed E-state index contributed by atoms with van der Waals surface area (Å²) in [5.74, 6) is -4.48. The smallest absolute Gasteiger partial charge is 0.272 e. The number of nitrogens with one attached hydrogen (secondary N) is 1. The molecule has 3 aromatic rings. The SMILES string of the molecule is CC(C(=O)N[C@H]1N=C(c2ccccc2)c2ccccc2N(C)C1=O)C(=NO)c1ccc(F)c(F)c1. The van der Waals surface area contributed by atoms with Crippen LogP contribution >= 0.6 is 0 Å². The number of para-hydroxylation sites is 1. The van der Waals surface area contributed by atoms with Gasteiger partial charge in [-0.25, -0.2) is 13.8 Å². The zero-order valence-electron chi connectivity index (χ0n) is 18.9. The van der Waals surface area contributed by atoms with Gasteiger partial charge in [0.1, 0.15) is 0 Å². The number of hydrogen-bond donors (Lipinski definition) is 2. The molecule has 0 saturated heterocycles. The number of nitrogens with zero attached hydrogens (tertiary/aromatic N) is 3. The fourth-order valence-corrected chi connectivity index (χ4v) is 3.88. The largest absolute Gasteiger partial charge is 0.411 e. The number of aliphatic imine (C=N–C) groups is 1. The molecule has 4 rings (SSSR count). The van der Waals surface area contributed by atoms with Gasteiger partial charge in [0.25, 0.3) is 5.91 Å². The highest BCUT2D eigenvalue weighted by Crippen LogP contribution is 2.27. The van der Waals surface area contributed by atoms with Gasteiger partial charge in [-0.15, -0.1) is 0 Å². The van der Waals surface area contributed by atoms with Crippen molar-refractivity contribution in [2.75, 3.05) is 11.9 Å². The number of hydrogen-bond acceptors (Lipinski definition) is 5. The summed E-state index contributed by atoms with van der Waals surface area (Å²) >= 11 is 0. The third kappa shape index (κ3) is 4.65. The monoisotopic (exact) mass is 476 g/mol. The Labute approximate surface area is 200 Å². The van der Waals surface area contributed by atoms with Gasteiger partial charge in [0.05, 0.1) is 23.0 Å². The van der Waals surface area contributed by atoms with E-state index in [4.69, 9.17) is 0 Å². The number of amides is 2. The summed E-state index contributed by atoms with van der Waals surface area (Å²) in [5, 5.41) is 15.2. The number of carbonyl (C=O) groups excluding carboxylic acids is 2. The first-order valence-electron chi connectivity index (χ1n) is 10.8. The molecule has 2 amide bonds. The predicted molar refractivity (Wildman–Crippen MR) is 128 cm³/mol. The van der Waals surface area contributed by atoms with Crippen molar-refractivity contribution in [2.45, 2.75) is 13.1 Å². The van der Waals surface area contributed by atoms with Crippen LogP contribution in [0.1, 0.15) is 23.6 Å². The highest BCUT2D eigenvalue weighted by Gasteiger charge is 2.33. The molecule has 2 N–H and O–H groups in total. The summed E-state index contributed by atoms with van der Waals surface area (Å²) in [5.41, 5.74) is 2.47. The minimum Gasteiger partial charge on any atom is -0.411 e. The van der Waals surface area contributed by atoms with Gasteiger partial charge in [0, 0.05) is 23.7 Å². The maximum atomic E-state index is 13.7. The van der Waals surface area contributed by atoms with Crippen LogP contribution in [0.3, 0.4) is 0 Å². The lowest BCUT2D eigenvalue weighted by Crippen LogP contribution is -2.48. The Morgan fingerprint density at radius 3 is 2.43 bits per heavy atom. The highest BCUT2D eigenvalue weighted by molar-refractivity contribution is 6.20. The topological polar surface area (TPSA) is 94.4 Å². The van der Waals surface area contributed by atoms with E-state index >= 15 is 0 Å². The van der Waals surface area contributed by atoms with Crippen molar-refractivity contribution >= 4 is 28.9 Å². The average molecular weight is 476 g/mol. The van der Waals surface area contributed by atoms with E-state index in [-0.39, 0.29) is 11.3 Å². The molecule has 0 radical (unpaired) electrons. The molecule has 1 aliphatic rings. The molecule has 35 heavy (non-hydrogen) atoms. The van der Waals surface area contributed by atoms with Crippen LogP contribution in [-0.4, -0.2) is 41.7 Å². The van der Waals surface area contributed by atoms with Crippen molar-refractivity contribution in [2.24, 2.45) is 16.1 Å². The zero-order valence-corrected chi connectivity index (χ0v) is 18.9. The molecule has 0 aliphatic carbocycles. The van der Waals surface area contributed by atoms with Crippen molar-refractivity contribution in [1.29, 1.82) is 0 Å². The van der Waals surface area contributed by atoms with E-state index in [1.165, 1.54) is 17.9 Å². The molecule has 178 valence electrons. The molecule has 0 spiro atoms. The molecule has 7 nitrogen and oxygen atoms in total. The van der Waals surface area contributed by atoms with Gasteiger partial charge in [-0.05, 0) is 31.2 Å². The van der Waals surface area contributed by atoms with Crippen LogP contribution in [0.25, 0.3) is 0 Å². The Bertz CT molecular complexity index is 1340. The van der Waals surface area contributed by atoms with E-state index in [2.05, 4.69) is 15.5 Å². The van der Waals surface area contributed by atoms with E-state index in [1.54, 1.807) is 19.2 Å². The highest BCUT2D eigenvalue weighted by atomic mass is 19.2. The lowest BCUT2D eigenvalue weighted by atomic mass is 9.97. The van der Waals surface area contributed by atoms with Crippen LogP contribution in [0.4, 0.5) is 14.5 Å². The van der Waals surface area contributed by atoms with E-state index in [0.717, 1.165) is 23.3 Å². The second-order valence-electron chi connectivity index (χ2n) is 8.01. The Kier molecular flexibility index (Phi) is 6.68. The van der Waals surface area contributed by atoms with Crippen LogP contribution in [0.15, 0.2) is 82.9 Å². The fraction of sp³-hybridized carbons (Fsp3) is 0.154. The quantitative estimate of drug-likeness (QED) is 0.334.